The van der Waals surface area contributed by atoms with E-state index >= 15 is 0 Å². The molecule has 1 saturated heterocycles. The molecule has 134 valence electrons. The summed E-state index contributed by atoms with van der Waals surface area (Å²) in [6.45, 7) is 9.06. The zero-order valence-corrected chi connectivity index (χ0v) is 15.8. The maximum Gasteiger partial charge on any atom is 0.223 e. The third-order valence-corrected chi connectivity index (χ3v) is 8.59. The molecule has 1 aliphatic heterocycles. The Morgan fingerprint density at radius 2 is 1.71 bits per heavy atom. The molecule has 3 saturated carbocycles. The summed E-state index contributed by atoms with van der Waals surface area (Å²) in [7, 11) is 0. The molecule has 1 heterocycles. The molecule has 0 bridgehead atoms. The molecule has 3 heteroatoms. The number of Topliss-reactive ketones (excluding diaryl/α,β-unsaturated/α-hetero) is 1. The van der Waals surface area contributed by atoms with Gasteiger partial charge < -0.3 is 4.90 Å². The Labute approximate surface area is 146 Å². The van der Waals surface area contributed by atoms with E-state index in [2.05, 4.69) is 32.6 Å². The summed E-state index contributed by atoms with van der Waals surface area (Å²) in [5, 5.41) is 0. The molecule has 6 atom stereocenters. The van der Waals surface area contributed by atoms with E-state index < -0.39 is 0 Å². The lowest BCUT2D eigenvalue weighted by Gasteiger charge is -2.62. The average molecular weight is 332 g/mol. The number of fused-ring (bicyclic) bond motifs is 5. The number of nitrogens with zero attached hydrogens (tertiary/aromatic N) is 1. The van der Waals surface area contributed by atoms with Crippen molar-refractivity contribution in [3.05, 3.63) is 0 Å². The van der Waals surface area contributed by atoms with E-state index in [-0.39, 0.29) is 10.8 Å². The maximum atomic E-state index is 12.6. The highest BCUT2D eigenvalue weighted by molar-refractivity contribution is 5.87. The van der Waals surface area contributed by atoms with Gasteiger partial charge in [-0.05, 0) is 75.5 Å². The molecule has 0 spiro atoms. The number of hydrogen-bond acceptors (Lipinski definition) is 2. The van der Waals surface area contributed by atoms with Crippen LogP contribution in [0.2, 0.25) is 0 Å². The maximum absolute atomic E-state index is 12.6. The fraction of sp³-hybridized carbons (Fsp3) is 0.905. The summed E-state index contributed by atoms with van der Waals surface area (Å²) in [6.07, 6.45) is 8.32. The van der Waals surface area contributed by atoms with Crippen LogP contribution in [0.3, 0.4) is 0 Å². The van der Waals surface area contributed by atoms with Crippen LogP contribution in [0.5, 0.6) is 0 Å². The largest absolute Gasteiger partial charge is 0.337 e. The Balaban J connectivity index is 1.67. The number of amides is 1. The Morgan fingerprint density at radius 3 is 2.42 bits per heavy atom. The lowest BCUT2D eigenvalue weighted by atomic mass is 9.47. The van der Waals surface area contributed by atoms with Crippen molar-refractivity contribution in [2.24, 2.45) is 28.6 Å². The van der Waals surface area contributed by atoms with E-state index in [1.165, 1.54) is 12.8 Å². The fourth-order valence-electron chi connectivity index (χ4n) is 7.34. The number of hydrogen-bond donors (Lipinski definition) is 0. The summed E-state index contributed by atoms with van der Waals surface area (Å²) in [5.74, 6) is 2.91. The van der Waals surface area contributed by atoms with Crippen LogP contribution in [0.1, 0.15) is 79.1 Å². The first kappa shape index (κ1) is 16.6. The van der Waals surface area contributed by atoms with Crippen LogP contribution >= 0.6 is 0 Å². The molecule has 1 amide bonds. The molecular weight excluding hydrogens is 298 g/mol. The van der Waals surface area contributed by atoms with Crippen LogP contribution in [0.25, 0.3) is 0 Å². The van der Waals surface area contributed by atoms with Gasteiger partial charge in [0.15, 0.2) is 0 Å². The SMILES string of the molecule is CC(C)N1C(=O)CC[C@@]2(C)C1CC[C@@H]1[C@H]2CC[C@]2(C)C(=O)CC[C@@H]12. The van der Waals surface area contributed by atoms with Crippen molar-refractivity contribution in [1.29, 1.82) is 0 Å². The number of piperidine rings is 1. The summed E-state index contributed by atoms with van der Waals surface area (Å²) >= 11 is 0. The van der Waals surface area contributed by atoms with Crippen LogP contribution < -0.4 is 0 Å². The standard InChI is InChI=1S/C21H33NO2/c1-13(2)22-17-7-5-14-15-6-8-18(23)21(15,4)11-9-16(14)20(17,3)12-10-19(22)24/h13-17H,5-12H2,1-4H3/t14-,15-,16+,17?,20+,21-/m0/s1. The van der Waals surface area contributed by atoms with Crippen molar-refractivity contribution in [3.8, 4) is 0 Å². The van der Waals surface area contributed by atoms with E-state index in [9.17, 15) is 9.59 Å². The zero-order valence-electron chi connectivity index (χ0n) is 15.8. The molecule has 4 aliphatic rings. The third-order valence-electron chi connectivity index (χ3n) is 8.59. The van der Waals surface area contributed by atoms with Gasteiger partial charge in [-0.2, -0.15) is 0 Å². The number of ketones is 1. The summed E-state index contributed by atoms with van der Waals surface area (Å²) < 4.78 is 0. The van der Waals surface area contributed by atoms with Crippen molar-refractivity contribution >= 4 is 11.7 Å². The Kier molecular flexibility index (Phi) is 3.68. The second-order valence-corrected chi connectivity index (χ2v) is 9.79. The van der Waals surface area contributed by atoms with E-state index in [0.717, 1.165) is 38.5 Å². The lowest BCUT2D eigenvalue weighted by molar-refractivity contribution is -0.165. The van der Waals surface area contributed by atoms with Gasteiger partial charge in [-0.1, -0.05) is 13.8 Å². The predicted molar refractivity (Wildman–Crippen MR) is 94.4 cm³/mol. The molecule has 4 rings (SSSR count). The summed E-state index contributed by atoms with van der Waals surface area (Å²) in [6, 6.07) is 0.724. The topological polar surface area (TPSA) is 37.4 Å². The van der Waals surface area contributed by atoms with Crippen molar-refractivity contribution in [2.45, 2.75) is 91.1 Å². The van der Waals surface area contributed by atoms with Crippen LogP contribution in [0.15, 0.2) is 0 Å². The zero-order chi connectivity index (χ0) is 17.3. The lowest BCUT2D eigenvalue weighted by Crippen LogP contribution is -2.63. The van der Waals surface area contributed by atoms with Gasteiger partial charge in [0.1, 0.15) is 5.78 Å². The highest BCUT2D eigenvalue weighted by Crippen LogP contribution is 2.64. The molecule has 0 aromatic rings. The smallest absolute Gasteiger partial charge is 0.223 e. The van der Waals surface area contributed by atoms with Crippen LogP contribution in [0.4, 0.5) is 0 Å². The van der Waals surface area contributed by atoms with Gasteiger partial charge in [-0.15, -0.1) is 0 Å². The Bertz CT molecular complexity index is 570. The predicted octanol–water partition coefficient (Wildman–Crippen LogP) is 4.20. The molecule has 0 radical (unpaired) electrons. The van der Waals surface area contributed by atoms with Crippen molar-refractivity contribution in [3.63, 3.8) is 0 Å². The number of carbonyl (C=O) groups is 2. The Hall–Kier alpha value is -0.860. The first-order chi connectivity index (χ1) is 11.3. The molecular formula is C21H33NO2. The Morgan fingerprint density at radius 1 is 0.958 bits per heavy atom. The minimum atomic E-state index is -0.0351. The molecule has 24 heavy (non-hydrogen) atoms. The average Bonchev–Trinajstić information content (AvgIpc) is 2.83. The van der Waals surface area contributed by atoms with E-state index in [1.807, 2.05) is 0 Å². The minimum Gasteiger partial charge on any atom is -0.337 e. The molecule has 3 nitrogen and oxygen atoms in total. The highest BCUT2D eigenvalue weighted by atomic mass is 16.2. The monoisotopic (exact) mass is 331 g/mol. The van der Waals surface area contributed by atoms with Crippen molar-refractivity contribution in [2.75, 3.05) is 0 Å². The first-order valence-electron chi connectivity index (χ1n) is 10.1. The normalized spacial score (nSPS) is 48.3. The summed E-state index contributed by atoms with van der Waals surface area (Å²) in [5.41, 5.74) is 0.223. The van der Waals surface area contributed by atoms with Crippen LogP contribution in [0, 0.1) is 28.6 Å². The quantitative estimate of drug-likeness (QED) is 0.722. The number of rotatable bonds is 1. The van der Waals surface area contributed by atoms with E-state index in [0.29, 0.717) is 41.5 Å². The van der Waals surface area contributed by atoms with Gasteiger partial charge in [0.05, 0.1) is 0 Å². The molecule has 4 fully saturated rings. The van der Waals surface area contributed by atoms with Crippen LogP contribution in [-0.4, -0.2) is 28.7 Å². The summed E-state index contributed by atoms with van der Waals surface area (Å²) in [4.78, 5) is 27.3. The number of carbonyl (C=O) groups excluding carboxylic acids is 2. The third kappa shape index (κ3) is 2.02. The fourth-order valence-corrected chi connectivity index (χ4v) is 7.34. The van der Waals surface area contributed by atoms with E-state index in [4.69, 9.17) is 0 Å². The minimum absolute atomic E-state index is 0.0351. The van der Waals surface area contributed by atoms with Gasteiger partial charge >= 0.3 is 0 Å². The van der Waals surface area contributed by atoms with Crippen molar-refractivity contribution in [1.82, 2.24) is 4.90 Å². The molecule has 0 aromatic heterocycles. The number of likely N-dealkylation sites (tertiary alicyclic amines) is 1. The van der Waals surface area contributed by atoms with Gasteiger partial charge in [0.2, 0.25) is 5.91 Å². The van der Waals surface area contributed by atoms with Gasteiger partial charge in [-0.25, -0.2) is 0 Å². The van der Waals surface area contributed by atoms with Crippen molar-refractivity contribution < 1.29 is 9.59 Å². The van der Waals surface area contributed by atoms with Gasteiger partial charge in [0.25, 0.3) is 0 Å². The van der Waals surface area contributed by atoms with Gasteiger partial charge in [0, 0.05) is 30.3 Å². The molecule has 1 unspecified atom stereocenters. The molecule has 3 aliphatic carbocycles. The van der Waals surface area contributed by atoms with Gasteiger partial charge in [-0.3, -0.25) is 9.59 Å². The second-order valence-electron chi connectivity index (χ2n) is 9.79. The molecule has 0 N–H and O–H groups in total. The molecule has 0 aromatic carbocycles. The second kappa shape index (κ2) is 5.32. The first-order valence-corrected chi connectivity index (χ1v) is 10.1. The van der Waals surface area contributed by atoms with Crippen LogP contribution in [-0.2, 0) is 9.59 Å². The highest BCUT2D eigenvalue weighted by Gasteiger charge is 2.61. The van der Waals surface area contributed by atoms with E-state index in [1.54, 1.807) is 0 Å².